The van der Waals surface area contributed by atoms with Gasteiger partial charge in [0.05, 0.1) is 23.7 Å². The average Bonchev–Trinajstić information content (AvgIpc) is 2.73. The Bertz CT molecular complexity index is 535. The first-order valence-corrected chi connectivity index (χ1v) is 9.60. The molecule has 4 heteroatoms. The summed E-state index contributed by atoms with van der Waals surface area (Å²) in [6.45, 7) is 4.50. The van der Waals surface area contributed by atoms with Gasteiger partial charge in [0.2, 0.25) is 0 Å². The maximum Gasteiger partial charge on any atom is 0.0760 e. The zero-order chi connectivity index (χ0) is 16.6. The van der Waals surface area contributed by atoms with Crippen molar-refractivity contribution in [1.29, 1.82) is 0 Å². The highest BCUT2D eigenvalue weighted by Crippen LogP contribution is 2.65. The number of hydrogen-bond acceptors (Lipinski definition) is 3. The zero-order valence-electron chi connectivity index (χ0n) is 14.1. The van der Waals surface area contributed by atoms with E-state index in [4.69, 9.17) is 11.6 Å². The van der Waals surface area contributed by atoms with Crippen molar-refractivity contribution < 1.29 is 15.3 Å². The number of hydrogen-bond donors (Lipinski definition) is 3. The molecule has 0 aromatic heterocycles. The van der Waals surface area contributed by atoms with Crippen molar-refractivity contribution in [3.05, 3.63) is 11.6 Å². The van der Waals surface area contributed by atoms with Crippen LogP contribution in [0.5, 0.6) is 0 Å². The Balaban J connectivity index is 1.73. The minimum Gasteiger partial charge on any atom is -0.393 e. The normalized spacial score (nSPS) is 58.9. The predicted octanol–water partition coefficient (Wildman–Crippen LogP) is 2.86. The molecular weight excluding hydrogens is 312 g/mol. The molecule has 0 heterocycles. The molecule has 4 aliphatic rings. The molecule has 0 unspecified atom stereocenters. The highest BCUT2D eigenvalue weighted by atomic mass is 35.5. The fraction of sp³-hybridized carbons (Fsp3) is 0.895. The van der Waals surface area contributed by atoms with Gasteiger partial charge in [-0.25, -0.2) is 0 Å². The van der Waals surface area contributed by atoms with E-state index in [-0.39, 0.29) is 34.1 Å². The summed E-state index contributed by atoms with van der Waals surface area (Å²) in [5, 5.41) is 31.3. The van der Waals surface area contributed by atoms with Gasteiger partial charge in [-0.05, 0) is 67.1 Å². The van der Waals surface area contributed by atoms with Crippen LogP contribution in [0, 0.1) is 28.6 Å². The summed E-state index contributed by atoms with van der Waals surface area (Å²) < 4.78 is 0. The van der Waals surface area contributed by atoms with E-state index >= 15 is 0 Å². The van der Waals surface area contributed by atoms with Crippen molar-refractivity contribution in [1.82, 2.24) is 0 Å². The van der Waals surface area contributed by atoms with Gasteiger partial charge in [-0.15, -0.1) is 11.6 Å². The number of rotatable bonds is 0. The van der Waals surface area contributed by atoms with Crippen molar-refractivity contribution in [3.63, 3.8) is 0 Å². The molecular formula is C19H29ClO3. The van der Waals surface area contributed by atoms with Gasteiger partial charge >= 0.3 is 0 Å². The third-order valence-electron chi connectivity index (χ3n) is 8.04. The lowest BCUT2D eigenvalue weighted by Gasteiger charge is -2.58. The lowest BCUT2D eigenvalue weighted by Crippen LogP contribution is -2.55. The highest BCUT2D eigenvalue weighted by molar-refractivity contribution is 6.21. The second-order valence-corrected chi connectivity index (χ2v) is 9.59. The average molecular weight is 341 g/mol. The van der Waals surface area contributed by atoms with E-state index in [1.807, 2.05) is 6.08 Å². The second kappa shape index (κ2) is 5.20. The summed E-state index contributed by atoms with van der Waals surface area (Å²) in [5.41, 5.74) is 1.19. The Morgan fingerprint density at radius 3 is 2.57 bits per heavy atom. The van der Waals surface area contributed by atoms with E-state index in [2.05, 4.69) is 13.8 Å². The summed E-state index contributed by atoms with van der Waals surface area (Å²) in [6, 6.07) is 0. The standard InChI is InChI=1S/C19H29ClO3/c1-18-5-3-11(21)7-10(18)8-15(22)16-12(18)4-6-19(2)13(16)9-14(20)17(19)23/h8,11-17,21-23H,3-7,9H2,1-2H3/t11-,12-,13-,14+,15-,16+,17-,18-,19-/m0/s1. The Hall–Kier alpha value is -0.0900. The molecule has 3 fully saturated rings. The number of alkyl halides is 1. The molecule has 0 bridgehead atoms. The van der Waals surface area contributed by atoms with Crippen LogP contribution in [0.15, 0.2) is 11.6 Å². The van der Waals surface area contributed by atoms with Gasteiger partial charge < -0.3 is 15.3 Å². The van der Waals surface area contributed by atoms with Crippen molar-refractivity contribution >= 4 is 11.6 Å². The molecule has 0 aromatic carbocycles. The molecule has 3 N–H and O–H groups in total. The van der Waals surface area contributed by atoms with Crippen LogP contribution < -0.4 is 0 Å². The summed E-state index contributed by atoms with van der Waals surface area (Å²) in [6.07, 6.45) is 6.25. The van der Waals surface area contributed by atoms with Crippen molar-refractivity contribution in [3.8, 4) is 0 Å². The molecule has 0 amide bonds. The topological polar surface area (TPSA) is 60.7 Å². The van der Waals surface area contributed by atoms with Crippen LogP contribution in [0.1, 0.15) is 52.4 Å². The first kappa shape index (κ1) is 16.4. The van der Waals surface area contributed by atoms with Gasteiger partial charge in [0.15, 0.2) is 0 Å². The van der Waals surface area contributed by atoms with Crippen molar-refractivity contribution in [2.24, 2.45) is 28.6 Å². The molecule has 0 saturated heterocycles. The van der Waals surface area contributed by atoms with Gasteiger partial charge in [-0.1, -0.05) is 25.5 Å². The SMILES string of the molecule is C[C@]12CC[C@H]3[C@@H]([C@@H](O)C=C4C[C@@H](O)CC[C@@]43C)[C@@H]1C[C@@H](Cl)[C@@H]2O. The Labute approximate surface area is 143 Å². The van der Waals surface area contributed by atoms with Crippen molar-refractivity contribution in [2.75, 3.05) is 0 Å². The van der Waals surface area contributed by atoms with E-state index in [0.717, 1.165) is 32.1 Å². The minimum atomic E-state index is -0.466. The fourth-order valence-corrected chi connectivity index (χ4v) is 7.06. The zero-order valence-corrected chi connectivity index (χ0v) is 14.8. The Kier molecular flexibility index (Phi) is 3.71. The fourth-order valence-electron chi connectivity index (χ4n) is 6.58. The van der Waals surface area contributed by atoms with Gasteiger partial charge in [-0.2, -0.15) is 0 Å². The molecule has 130 valence electrons. The second-order valence-electron chi connectivity index (χ2n) is 9.03. The van der Waals surface area contributed by atoms with Crippen LogP contribution in [0.3, 0.4) is 0 Å². The monoisotopic (exact) mass is 340 g/mol. The molecule has 23 heavy (non-hydrogen) atoms. The molecule has 9 atom stereocenters. The third kappa shape index (κ3) is 2.13. The molecule has 4 rings (SSSR count). The smallest absolute Gasteiger partial charge is 0.0760 e. The summed E-state index contributed by atoms with van der Waals surface area (Å²) >= 11 is 6.42. The van der Waals surface area contributed by atoms with E-state index < -0.39 is 12.2 Å². The van der Waals surface area contributed by atoms with E-state index in [1.54, 1.807) is 0 Å². The number of aliphatic hydroxyl groups excluding tert-OH is 3. The quantitative estimate of drug-likeness (QED) is 0.469. The maximum atomic E-state index is 10.9. The van der Waals surface area contributed by atoms with Gasteiger partial charge in [0.1, 0.15) is 0 Å². The molecule has 0 aromatic rings. The number of aliphatic hydroxyl groups is 3. The summed E-state index contributed by atoms with van der Waals surface area (Å²) in [7, 11) is 0. The minimum absolute atomic E-state index is 0.0970. The van der Waals surface area contributed by atoms with Crippen LogP contribution in [0.4, 0.5) is 0 Å². The lowest BCUT2D eigenvalue weighted by molar-refractivity contribution is -0.105. The van der Waals surface area contributed by atoms with Crippen LogP contribution >= 0.6 is 11.6 Å². The van der Waals surface area contributed by atoms with E-state index in [1.165, 1.54) is 5.57 Å². The lowest BCUT2D eigenvalue weighted by atomic mass is 9.47. The largest absolute Gasteiger partial charge is 0.393 e. The van der Waals surface area contributed by atoms with Crippen LogP contribution in [0.25, 0.3) is 0 Å². The summed E-state index contributed by atoms with van der Waals surface area (Å²) in [5.74, 6) is 0.920. The van der Waals surface area contributed by atoms with E-state index in [0.29, 0.717) is 12.3 Å². The Morgan fingerprint density at radius 1 is 1.09 bits per heavy atom. The van der Waals surface area contributed by atoms with Crippen LogP contribution in [-0.2, 0) is 0 Å². The van der Waals surface area contributed by atoms with Crippen LogP contribution in [0.2, 0.25) is 0 Å². The molecule has 3 nitrogen and oxygen atoms in total. The molecule has 0 aliphatic heterocycles. The van der Waals surface area contributed by atoms with Gasteiger partial charge in [0.25, 0.3) is 0 Å². The first-order chi connectivity index (χ1) is 10.8. The molecule has 0 spiro atoms. The van der Waals surface area contributed by atoms with Crippen molar-refractivity contribution in [2.45, 2.75) is 76.1 Å². The molecule has 0 radical (unpaired) electrons. The van der Waals surface area contributed by atoms with Gasteiger partial charge in [0, 0.05) is 0 Å². The van der Waals surface area contributed by atoms with Crippen LogP contribution in [-0.4, -0.2) is 39.0 Å². The first-order valence-electron chi connectivity index (χ1n) is 9.17. The predicted molar refractivity (Wildman–Crippen MR) is 90.1 cm³/mol. The van der Waals surface area contributed by atoms with Gasteiger partial charge in [-0.3, -0.25) is 0 Å². The third-order valence-corrected chi connectivity index (χ3v) is 8.46. The van der Waals surface area contributed by atoms with E-state index in [9.17, 15) is 15.3 Å². The molecule has 3 saturated carbocycles. The molecule has 4 aliphatic carbocycles. The maximum absolute atomic E-state index is 10.9. The number of fused-ring (bicyclic) bond motifs is 5. The Morgan fingerprint density at radius 2 is 1.83 bits per heavy atom. The highest BCUT2D eigenvalue weighted by Gasteiger charge is 2.62. The summed E-state index contributed by atoms with van der Waals surface area (Å²) in [4.78, 5) is 0. The number of halogens is 1.